The number of amides is 1. The number of nitrogens with one attached hydrogen (secondary N) is 1. The minimum absolute atomic E-state index is 0.123. The number of carbonyl (C=O) groups excluding carboxylic acids is 1. The maximum atomic E-state index is 10.6. The van der Waals surface area contributed by atoms with E-state index in [1.54, 1.807) is 6.08 Å². The lowest BCUT2D eigenvalue weighted by Crippen LogP contribution is -2.27. The Morgan fingerprint density at radius 1 is 1.89 bits per heavy atom. The first kappa shape index (κ1) is 6.77. The summed E-state index contributed by atoms with van der Waals surface area (Å²) in [7, 11) is 1.53. The zero-order valence-electron chi connectivity index (χ0n) is 4.85. The van der Waals surface area contributed by atoms with Crippen LogP contribution in [-0.2, 0) is 9.53 Å². The van der Waals surface area contributed by atoms with Crippen molar-refractivity contribution in [2.45, 2.75) is 6.23 Å². The number of hydrogen-bond acceptors (Lipinski definition) is 2. The fourth-order valence-corrected chi connectivity index (χ4v) is 0.930. The molecule has 50 valence electrons. The lowest BCUT2D eigenvalue weighted by atomic mass is 10.5. The summed E-state index contributed by atoms with van der Waals surface area (Å²) in [6.45, 7) is 0. The van der Waals surface area contributed by atoms with Crippen LogP contribution in [0, 0.1) is 0 Å². The summed E-state index contributed by atoms with van der Waals surface area (Å²) in [6, 6.07) is 0. The van der Waals surface area contributed by atoms with Crippen LogP contribution in [0.5, 0.6) is 0 Å². The fourth-order valence-electron chi connectivity index (χ4n) is 0.575. The van der Waals surface area contributed by atoms with Crippen molar-refractivity contribution in [3.05, 3.63) is 10.6 Å². The van der Waals surface area contributed by atoms with E-state index in [2.05, 4.69) is 21.2 Å². The van der Waals surface area contributed by atoms with Gasteiger partial charge in [-0.25, -0.2) is 0 Å². The van der Waals surface area contributed by atoms with Crippen molar-refractivity contribution in [2.75, 3.05) is 7.11 Å². The molecule has 0 aliphatic carbocycles. The Kier molecular flexibility index (Phi) is 1.87. The van der Waals surface area contributed by atoms with E-state index >= 15 is 0 Å². The Balaban J connectivity index is 2.62. The van der Waals surface area contributed by atoms with Crippen LogP contribution in [0.15, 0.2) is 10.6 Å². The summed E-state index contributed by atoms with van der Waals surface area (Å²) in [5.74, 6) is -0.123. The van der Waals surface area contributed by atoms with Gasteiger partial charge < -0.3 is 10.1 Å². The molecular weight excluding hydrogens is 186 g/mol. The monoisotopic (exact) mass is 191 g/mol. The second-order valence-electron chi connectivity index (χ2n) is 1.64. The summed E-state index contributed by atoms with van der Waals surface area (Å²) in [6.07, 6.45) is 1.41. The van der Waals surface area contributed by atoms with Crippen molar-refractivity contribution >= 4 is 21.8 Å². The van der Waals surface area contributed by atoms with Crippen LogP contribution >= 0.6 is 15.9 Å². The Labute approximate surface area is 61.2 Å². The lowest BCUT2D eigenvalue weighted by Gasteiger charge is -2.03. The molecule has 0 radical (unpaired) electrons. The molecule has 0 saturated heterocycles. The second-order valence-corrected chi connectivity index (χ2v) is 2.50. The van der Waals surface area contributed by atoms with Gasteiger partial charge in [0.1, 0.15) is 0 Å². The highest BCUT2D eigenvalue weighted by Crippen LogP contribution is 2.12. The van der Waals surface area contributed by atoms with Gasteiger partial charge in [-0.1, -0.05) is 0 Å². The predicted molar refractivity (Wildman–Crippen MR) is 35.9 cm³/mol. The number of hydrogen-bond donors (Lipinski definition) is 1. The molecule has 0 fully saturated rings. The van der Waals surface area contributed by atoms with E-state index in [0.29, 0.717) is 4.48 Å². The summed E-state index contributed by atoms with van der Waals surface area (Å²) < 4.78 is 5.35. The minimum Gasteiger partial charge on any atom is -0.358 e. The van der Waals surface area contributed by atoms with E-state index in [9.17, 15) is 4.79 Å². The van der Waals surface area contributed by atoms with Gasteiger partial charge >= 0.3 is 0 Å². The van der Waals surface area contributed by atoms with E-state index in [4.69, 9.17) is 4.74 Å². The maximum Gasteiger partial charge on any atom is 0.260 e. The number of ether oxygens (including phenoxy) is 1. The van der Waals surface area contributed by atoms with Crippen LogP contribution in [0.25, 0.3) is 0 Å². The molecule has 0 spiro atoms. The van der Waals surface area contributed by atoms with Crippen molar-refractivity contribution in [3.63, 3.8) is 0 Å². The zero-order valence-corrected chi connectivity index (χ0v) is 6.44. The van der Waals surface area contributed by atoms with Gasteiger partial charge in [-0.2, -0.15) is 0 Å². The molecule has 1 aliphatic rings. The molecule has 1 atom stereocenters. The third-order valence-corrected chi connectivity index (χ3v) is 1.67. The van der Waals surface area contributed by atoms with Crippen molar-refractivity contribution in [2.24, 2.45) is 0 Å². The lowest BCUT2D eigenvalue weighted by molar-refractivity contribution is -0.118. The van der Waals surface area contributed by atoms with E-state index in [1.807, 2.05) is 0 Å². The molecule has 0 aromatic rings. The van der Waals surface area contributed by atoms with Gasteiger partial charge in [0, 0.05) is 7.11 Å². The molecule has 3 nitrogen and oxygen atoms in total. The first-order chi connectivity index (χ1) is 4.24. The summed E-state index contributed by atoms with van der Waals surface area (Å²) in [5, 5.41) is 2.55. The third kappa shape index (κ3) is 1.31. The summed E-state index contributed by atoms with van der Waals surface area (Å²) in [5.41, 5.74) is 0. The van der Waals surface area contributed by atoms with Crippen molar-refractivity contribution in [1.29, 1.82) is 0 Å². The Bertz CT molecular complexity index is 166. The number of methoxy groups -OCH3 is 1. The highest BCUT2D eigenvalue weighted by atomic mass is 79.9. The van der Waals surface area contributed by atoms with Crippen molar-refractivity contribution < 1.29 is 9.53 Å². The molecule has 0 bridgehead atoms. The van der Waals surface area contributed by atoms with Crippen LogP contribution in [-0.4, -0.2) is 19.2 Å². The van der Waals surface area contributed by atoms with Gasteiger partial charge in [0.15, 0.2) is 6.23 Å². The quantitative estimate of drug-likeness (QED) is 0.651. The normalized spacial score (nSPS) is 25.8. The largest absolute Gasteiger partial charge is 0.358 e. The molecular formula is C5H6BrNO2. The first-order valence-corrected chi connectivity index (χ1v) is 3.24. The van der Waals surface area contributed by atoms with E-state index < -0.39 is 0 Å². The van der Waals surface area contributed by atoms with E-state index in [-0.39, 0.29) is 12.1 Å². The van der Waals surface area contributed by atoms with Crippen molar-refractivity contribution in [3.8, 4) is 0 Å². The standard InChI is InChI=1S/C5H6BrNO2/c1-9-4-2-3(6)5(8)7-4/h2,4H,1H3,(H,7,8). The second kappa shape index (κ2) is 2.49. The third-order valence-electron chi connectivity index (χ3n) is 1.04. The van der Waals surface area contributed by atoms with Gasteiger partial charge in [-0.15, -0.1) is 0 Å². The van der Waals surface area contributed by atoms with Gasteiger partial charge in [-0.3, -0.25) is 4.79 Å². The highest BCUT2D eigenvalue weighted by molar-refractivity contribution is 9.12. The van der Waals surface area contributed by atoms with E-state index in [0.717, 1.165) is 0 Å². The molecule has 1 rings (SSSR count). The topological polar surface area (TPSA) is 38.3 Å². The number of carbonyl (C=O) groups is 1. The maximum absolute atomic E-state index is 10.6. The molecule has 1 unspecified atom stereocenters. The highest BCUT2D eigenvalue weighted by Gasteiger charge is 2.19. The average Bonchev–Trinajstić information content (AvgIpc) is 2.13. The molecule has 1 aliphatic heterocycles. The molecule has 0 aromatic carbocycles. The Morgan fingerprint density at radius 2 is 2.56 bits per heavy atom. The molecule has 0 saturated carbocycles. The van der Waals surface area contributed by atoms with Crippen LogP contribution in [0.2, 0.25) is 0 Å². The molecule has 0 aromatic heterocycles. The van der Waals surface area contributed by atoms with E-state index in [1.165, 1.54) is 7.11 Å². The number of halogens is 1. The van der Waals surface area contributed by atoms with Gasteiger partial charge in [0.05, 0.1) is 4.48 Å². The number of rotatable bonds is 1. The predicted octanol–water partition coefficient (Wildman–Crippen LogP) is 0.368. The summed E-state index contributed by atoms with van der Waals surface area (Å²) in [4.78, 5) is 10.6. The molecule has 1 N–H and O–H groups in total. The summed E-state index contributed by atoms with van der Waals surface area (Å²) >= 11 is 3.05. The van der Waals surface area contributed by atoms with Crippen LogP contribution in [0.3, 0.4) is 0 Å². The molecule has 9 heavy (non-hydrogen) atoms. The van der Waals surface area contributed by atoms with Crippen LogP contribution < -0.4 is 5.32 Å². The SMILES string of the molecule is COC1C=C(Br)C(=O)N1. The van der Waals surface area contributed by atoms with Gasteiger partial charge in [0.2, 0.25) is 0 Å². The zero-order chi connectivity index (χ0) is 6.85. The fraction of sp³-hybridized carbons (Fsp3) is 0.400. The van der Waals surface area contributed by atoms with Gasteiger partial charge in [0.25, 0.3) is 5.91 Å². The molecule has 4 heteroatoms. The average molecular weight is 192 g/mol. The van der Waals surface area contributed by atoms with Gasteiger partial charge in [-0.05, 0) is 22.0 Å². The minimum atomic E-state index is -0.258. The van der Waals surface area contributed by atoms with Crippen LogP contribution in [0.4, 0.5) is 0 Å². The smallest absolute Gasteiger partial charge is 0.260 e. The first-order valence-electron chi connectivity index (χ1n) is 2.45. The van der Waals surface area contributed by atoms with Crippen molar-refractivity contribution in [1.82, 2.24) is 5.32 Å². The Morgan fingerprint density at radius 3 is 2.78 bits per heavy atom. The molecule has 1 amide bonds. The molecule has 1 heterocycles. The van der Waals surface area contributed by atoms with Crippen LogP contribution in [0.1, 0.15) is 0 Å². The Hall–Kier alpha value is -0.350.